The van der Waals surface area contributed by atoms with E-state index in [0.29, 0.717) is 16.4 Å². The molecule has 0 radical (unpaired) electrons. The van der Waals surface area contributed by atoms with Gasteiger partial charge in [0.15, 0.2) is 0 Å². The van der Waals surface area contributed by atoms with Crippen molar-refractivity contribution in [2.45, 2.75) is 6.92 Å². The molecule has 4 nitrogen and oxygen atoms in total. The normalized spacial score (nSPS) is 10.2. The van der Waals surface area contributed by atoms with E-state index in [2.05, 4.69) is 5.32 Å². The number of carboxylic acids is 1. The predicted molar refractivity (Wildman–Crippen MR) is 74.5 cm³/mol. The van der Waals surface area contributed by atoms with Gasteiger partial charge in [-0.3, -0.25) is 0 Å². The number of carbonyl (C=O) groups is 1. The van der Waals surface area contributed by atoms with E-state index in [0.717, 1.165) is 5.56 Å². The number of phenolic OH excluding ortho intramolecular Hbond substituents is 1. The summed E-state index contributed by atoms with van der Waals surface area (Å²) in [6, 6.07) is 9.47. The van der Waals surface area contributed by atoms with E-state index in [1.54, 1.807) is 25.1 Å². The van der Waals surface area contributed by atoms with Gasteiger partial charge in [-0.05, 0) is 30.7 Å². The molecule has 0 aromatic heterocycles. The number of para-hydroxylation sites is 1. The molecular formula is C14H12ClNO3. The molecule has 2 rings (SSSR count). The molecule has 98 valence electrons. The molecule has 19 heavy (non-hydrogen) atoms. The minimum atomic E-state index is -1.02. The Bertz CT molecular complexity index is 641. The molecule has 0 fully saturated rings. The Kier molecular flexibility index (Phi) is 3.62. The van der Waals surface area contributed by atoms with Crippen LogP contribution >= 0.6 is 11.6 Å². The topological polar surface area (TPSA) is 69.6 Å². The Morgan fingerprint density at radius 1 is 1.21 bits per heavy atom. The molecule has 0 saturated carbocycles. The van der Waals surface area contributed by atoms with Crippen LogP contribution in [0.15, 0.2) is 36.4 Å². The van der Waals surface area contributed by atoms with E-state index in [4.69, 9.17) is 16.7 Å². The average molecular weight is 278 g/mol. The van der Waals surface area contributed by atoms with Crippen molar-refractivity contribution >= 4 is 28.9 Å². The standard InChI is InChI=1S/C14H12ClNO3/c1-8-11(15)6-9(17)7-13(8)16-12-5-3-2-4-10(12)14(18)19/h2-7,16-17H,1H3,(H,18,19). The van der Waals surface area contributed by atoms with Gasteiger partial charge in [0.25, 0.3) is 0 Å². The Labute approximate surface area is 115 Å². The summed E-state index contributed by atoms with van der Waals surface area (Å²) in [7, 11) is 0. The number of nitrogens with one attached hydrogen (secondary N) is 1. The highest BCUT2D eigenvalue weighted by atomic mass is 35.5. The first-order valence-corrected chi connectivity index (χ1v) is 5.95. The number of phenols is 1. The summed E-state index contributed by atoms with van der Waals surface area (Å²) in [5.74, 6) is -1.00. The SMILES string of the molecule is Cc1c(Cl)cc(O)cc1Nc1ccccc1C(=O)O. The third-order valence-corrected chi connectivity index (χ3v) is 3.15. The van der Waals surface area contributed by atoms with Gasteiger partial charge in [0.2, 0.25) is 0 Å². The maximum absolute atomic E-state index is 11.1. The molecule has 0 saturated heterocycles. The number of carboxylic acid groups (broad SMARTS) is 1. The summed E-state index contributed by atoms with van der Waals surface area (Å²) in [6.45, 7) is 1.79. The second-order valence-corrected chi connectivity index (χ2v) is 4.48. The second-order valence-electron chi connectivity index (χ2n) is 4.08. The molecule has 2 aromatic rings. The highest BCUT2D eigenvalue weighted by Gasteiger charge is 2.11. The summed E-state index contributed by atoms with van der Waals surface area (Å²) >= 11 is 5.97. The number of hydrogen-bond donors (Lipinski definition) is 3. The number of rotatable bonds is 3. The summed E-state index contributed by atoms with van der Waals surface area (Å²) in [4.78, 5) is 11.1. The second kappa shape index (κ2) is 5.20. The first kappa shape index (κ1) is 13.2. The van der Waals surface area contributed by atoms with Crippen LogP contribution in [0.4, 0.5) is 11.4 Å². The van der Waals surface area contributed by atoms with E-state index < -0.39 is 5.97 Å². The Hall–Kier alpha value is -2.20. The molecule has 2 aromatic carbocycles. The first-order valence-electron chi connectivity index (χ1n) is 5.57. The lowest BCUT2D eigenvalue weighted by atomic mass is 10.1. The van der Waals surface area contributed by atoms with Crippen molar-refractivity contribution in [3.63, 3.8) is 0 Å². The number of halogens is 1. The van der Waals surface area contributed by atoms with Gasteiger partial charge >= 0.3 is 5.97 Å². The smallest absolute Gasteiger partial charge is 0.337 e. The molecule has 0 aliphatic heterocycles. The van der Waals surface area contributed by atoms with Gasteiger partial charge in [-0.2, -0.15) is 0 Å². The first-order chi connectivity index (χ1) is 8.99. The third kappa shape index (κ3) is 2.80. The van der Waals surface area contributed by atoms with Crippen molar-refractivity contribution in [3.8, 4) is 5.75 Å². The van der Waals surface area contributed by atoms with E-state index in [9.17, 15) is 9.90 Å². The van der Waals surface area contributed by atoms with Gasteiger partial charge < -0.3 is 15.5 Å². The van der Waals surface area contributed by atoms with Crippen LogP contribution in [0.3, 0.4) is 0 Å². The molecule has 3 N–H and O–H groups in total. The number of aromatic carboxylic acids is 1. The average Bonchev–Trinajstić information content (AvgIpc) is 2.35. The van der Waals surface area contributed by atoms with Crippen LogP contribution in [0.5, 0.6) is 5.75 Å². The quantitative estimate of drug-likeness (QED) is 0.798. The molecular weight excluding hydrogens is 266 g/mol. The van der Waals surface area contributed by atoms with Gasteiger partial charge in [-0.25, -0.2) is 4.79 Å². The fourth-order valence-electron chi connectivity index (χ4n) is 1.72. The van der Waals surface area contributed by atoms with Crippen molar-refractivity contribution in [3.05, 3.63) is 52.5 Å². The van der Waals surface area contributed by atoms with Gasteiger partial charge in [0.05, 0.1) is 11.3 Å². The molecule has 0 unspecified atom stereocenters. The minimum absolute atomic E-state index is 0.0194. The van der Waals surface area contributed by atoms with Crippen molar-refractivity contribution in [2.75, 3.05) is 5.32 Å². The Morgan fingerprint density at radius 3 is 2.58 bits per heavy atom. The van der Waals surface area contributed by atoms with Gasteiger partial charge in [-0.15, -0.1) is 0 Å². The Morgan fingerprint density at radius 2 is 1.89 bits per heavy atom. The van der Waals surface area contributed by atoms with Crippen LogP contribution in [-0.2, 0) is 0 Å². The van der Waals surface area contributed by atoms with Crippen molar-refractivity contribution < 1.29 is 15.0 Å². The van der Waals surface area contributed by atoms with E-state index in [1.807, 2.05) is 0 Å². The van der Waals surface area contributed by atoms with E-state index in [-0.39, 0.29) is 11.3 Å². The van der Waals surface area contributed by atoms with Crippen molar-refractivity contribution in [1.29, 1.82) is 0 Å². The summed E-state index contributed by atoms with van der Waals surface area (Å²) < 4.78 is 0. The molecule has 0 spiro atoms. The lowest BCUT2D eigenvalue weighted by Crippen LogP contribution is -2.03. The summed E-state index contributed by atoms with van der Waals surface area (Å²) in [5.41, 5.74) is 1.90. The zero-order chi connectivity index (χ0) is 14.0. The molecule has 5 heteroatoms. The number of anilines is 2. The Balaban J connectivity index is 2.45. The number of aromatic hydroxyl groups is 1. The van der Waals surface area contributed by atoms with Crippen LogP contribution < -0.4 is 5.32 Å². The fraction of sp³-hybridized carbons (Fsp3) is 0.0714. The van der Waals surface area contributed by atoms with Crippen LogP contribution in [-0.4, -0.2) is 16.2 Å². The highest BCUT2D eigenvalue weighted by Crippen LogP contribution is 2.31. The fourth-order valence-corrected chi connectivity index (χ4v) is 1.93. The minimum Gasteiger partial charge on any atom is -0.508 e. The lowest BCUT2D eigenvalue weighted by molar-refractivity contribution is 0.0698. The van der Waals surface area contributed by atoms with Crippen LogP contribution in [0.25, 0.3) is 0 Å². The van der Waals surface area contributed by atoms with Crippen molar-refractivity contribution in [1.82, 2.24) is 0 Å². The predicted octanol–water partition coefficient (Wildman–Crippen LogP) is 3.80. The lowest BCUT2D eigenvalue weighted by Gasteiger charge is -2.13. The van der Waals surface area contributed by atoms with Crippen LogP contribution in [0, 0.1) is 6.92 Å². The monoisotopic (exact) mass is 277 g/mol. The summed E-state index contributed by atoms with van der Waals surface area (Å²) in [5, 5.41) is 22.0. The largest absolute Gasteiger partial charge is 0.508 e. The summed E-state index contributed by atoms with van der Waals surface area (Å²) in [6.07, 6.45) is 0. The highest BCUT2D eigenvalue weighted by molar-refractivity contribution is 6.31. The molecule has 0 bridgehead atoms. The number of hydrogen-bond acceptors (Lipinski definition) is 3. The zero-order valence-electron chi connectivity index (χ0n) is 10.1. The molecule has 0 heterocycles. The van der Waals surface area contributed by atoms with Crippen LogP contribution in [0.1, 0.15) is 15.9 Å². The van der Waals surface area contributed by atoms with Gasteiger partial charge in [-0.1, -0.05) is 23.7 Å². The molecule has 0 atom stereocenters. The zero-order valence-corrected chi connectivity index (χ0v) is 10.9. The maximum Gasteiger partial charge on any atom is 0.337 e. The maximum atomic E-state index is 11.1. The molecule has 0 aliphatic carbocycles. The molecule has 0 amide bonds. The van der Waals surface area contributed by atoms with E-state index in [1.165, 1.54) is 18.2 Å². The van der Waals surface area contributed by atoms with Gasteiger partial charge in [0, 0.05) is 16.8 Å². The molecule has 0 aliphatic rings. The third-order valence-electron chi connectivity index (χ3n) is 2.76. The van der Waals surface area contributed by atoms with Crippen LogP contribution in [0.2, 0.25) is 5.02 Å². The van der Waals surface area contributed by atoms with Gasteiger partial charge in [0.1, 0.15) is 5.75 Å². The van der Waals surface area contributed by atoms with E-state index >= 15 is 0 Å². The number of benzene rings is 2. The van der Waals surface area contributed by atoms with Crippen molar-refractivity contribution in [2.24, 2.45) is 0 Å².